The summed E-state index contributed by atoms with van der Waals surface area (Å²) in [7, 11) is 0. The van der Waals surface area contributed by atoms with Gasteiger partial charge in [-0.2, -0.15) is 0 Å². The third-order valence-corrected chi connectivity index (χ3v) is 3.30. The van der Waals surface area contributed by atoms with Gasteiger partial charge in [0.2, 0.25) is 5.88 Å². The molecule has 0 unspecified atom stereocenters. The van der Waals surface area contributed by atoms with Crippen LogP contribution in [-0.4, -0.2) is 15.0 Å². The number of aryl methyl sites for hydroxylation is 1. The fourth-order valence-corrected chi connectivity index (χ4v) is 2.08. The minimum absolute atomic E-state index is 0.421. The number of nitrogen functional groups attached to an aromatic ring is 1. The monoisotopic (exact) mass is 307 g/mol. The second-order valence-corrected chi connectivity index (χ2v) is 5.02. The van der Waals surface area contributed by atoms with Gasteiger partial charge in [-0.1, -0.05) is 24.3 Å². The summed E-state index contributed by atoms with van der Waals surface area (Å²) in [5.74, 6) is 2.43. The largest absolute Gasteiger partial charge is 0.438 e. The standard InChI is InChI=1S/C17H17N5O/c1-12-5-2-3-7-14(12)23-17-13(6-4-8-19-17)10-20-16-9-15(18)21-11-22-16/h2-9,11H,10H2,1H3,(H3,18,20,21,22). The maximum absolute atomic E-state index is 5.94. The van der Waals surface area contributed by atoms with E-state index < -0.39 is 0 Å². The highest BCUT2D eigenvalue weighted by atomic mass is 16.5. The van der Waals surface area contributed by atoms with Crippen molar-refractivity contribution in [2.45, 2.75) is 13.5 Å². The smallest absolute Gasteiger partial charge is 0.224 e. The first-order valence-electron chi connectivity index (χ1n) is 7.21. The van der Waals surface area contributed by atoms with E-state index in [0.29, 0.717) is 24.1 Å². The predicted molar refractivity (Wildman–Crippen MR) is 89.3 cm³/mol. The van der Waals surface area contributed by atoms with Crippen molar-refractivity contribution in [3.8, 4) is 11.6 Å². The lowest BCUT2D eigenvalue weighted by Crippen LogP contribution is -2.05. The number of ether oxygens (including phenoxy) is 1. The van der Waals surface area contributed by atoms with E-state index in [1.165, 1.54) is 6.33 Å². The van der Waals surface area contributed by atoms with E-state index in [1.807, 2.05) is 43.3 Å². The topological polar surface area (TPSA) is 86.0 Å². The van der Waals surface area contributed by atoms with Crippen molar-refractivity contribution < 1.29 is 4.74 Å². The van der Waals surface area contributed by atoms with Crippen molar-refractivity contribution in [1.29, 1.82) is 0 Å². The zero-order chi connectivity index (χ0) is 16.1. The molecule has 0 saturated carbocycles. The molecule has 0 saturated heterocycles. The summed E-state index contributed by atoms with van der Waals surface area (Å²) in [6, 6.07) is 13.3. The van der Waals surface area contributed by atoms with Crippen molar-refractivity contribution in [1.82, 2.24) is 15.0 Å². The Morgan fingerprint density at radius 3 is 2.78 bits per heavy atom. The molecule has 6 heteroatoms. The SMILES string of the molecule is Cc1ccccc1Oc1ncccc1CNc1cc(N)ncn1. The summed E-state index contributed by atoms with van der Waals surface area (Å²) >= 11 is 0. The fourth-order valence-electron chi connectivity index (χ4n) is 2.08. The summed E-state index contributed by atoms with van der Waals surface area (Å²) in [5, 5.41) is 3.19. The molecule has 0 aliphatic rings. The lowest BCUT2D eigenvalue weighted by atomic mass is 10.2. The molecule has 116 valence electrons. The normalized spacial score (nSPS) is 10.3. The molecule has 0 atom stereocenters. The average Bonchev–Trinajstić information content (AvgIpc) is 2.56. The van der Waals surface area contributed by atoms with Crippen LogP contribution in [0.25, 0.3) is 0 Å². The van der Waals surface area contributed by atoms with E-state index in [0.717, 1.165) is 16.9 Å². The maximum atomic E-state index is 5.94. The fraction of sp³-hybridized carbons (Fsp3) is 0.118. The molecule has 2 heterocycles. The van der Waals surface area contributed by atoms with Crippen LogP contribution in [0.5, 0.6) is 11.6 Å². The van der Waals surface area contributed by atoms with Crippen LogP contribution in [0.3, 0.4) is 0 Å². The van der Waals surface area contributed by atoms with Crippen LogP contribution in [-0.2, 0) is 6.54 Å². The maximum Gasteiger partial charge on any atom is 0.224 e. The third kappa shape index (κ3) is 3.74. The number of hydrogen-bond donors (Lipinski definition) is 2. The number of benzene rings is 1. The number of aromatic nitrogens is 3. The van der Waals surface area contributed by atoms with Crippen molar-refractivity contribution in [3.63, 3.8) is 0 Å². The molecule has 0 fully saturated rings. The van der Waals surface area contributed by atoms with E-state index in [1.54, 1.807) is 12.3 Å². The van der Waals surface area contributed by atoms with Gasteiger partial charge in [0.15, 0.2) is 0 Å². The molecule has 3 N–H and O–H groups in total. The number of nitrogens with one attached hydrogen (secondary N) is 1. The van der Waals surface area contributed by atoms with Gasteiger partial charge in [-0.25, -0.2) is 15.0 Å². The quantitative estimate of drug-likeness (QED) is 0.753. The first-order valence-corrected chi connectivity index (χ1v) is 7.21. The van der Waals surface area contributed by atoms with E-state index in [-0.39, 0.29) is 0 Å². The lowest BCUT2D eigenvalue weighted by molar-refractivity contribution is 0.453. The van der Waals surface area contributed by atoms with Gasteiger partial charge in [-0.3, -0.25) is 0 Å². The first kappa shape index (κ1) is 14.8. The van der Waals surface area contributed by atoms with E-state index in [4.69, 9.17) is 10.5 Å². The van der Waals surface area contributed by atoms with Crippen LogP contribution in [0.15, 0.2) is 55.0 Å². The minimum Gasteiger partial charge on any atom is -0.438 e. The van der Waals surface area contributed by atoms with Gasteiger partial charge in [0.1, 0.15) is 23.7 Å². The third-order valence-electron chi connectivity index (χ3n) is 3.30. The molecule has 2 aromatic heterocycles. The van der Waals surface area contributed by atoms with Crippen molar-refractivity contribution >= 4 is 11.6 Å². The van der Waals surface area contributed by atoms with Gasteiger partial charge < -0.3 is 15.8 Å². The van der Waals surface area contributed by atoms with Crippen LogP contribution < -0.4 is 15.8 Å². The lowest BCUT2D eigenvalue weighted by Gasteiger charge is -2.12. The zero-order valence-corrected chi connectivity index (χ0v) is 12.7. The second kappa shape index (κ2) is 6.74. The number of para-hydroxylation sites is 1. The van der Waals surface area contributed by atoms with Gasteiger partial charge >= 0.3 is 0 Å². The number of rotatable bonds is 5. The second-order valence-electron chi connectivity index (χ2n) is 5.02. The van der Waals surface area contributed by atoms with Crippen molar-refractivity contribution in [2.24, 2.45) is 0 Å². The van der Waals surface area contributed by atoms with E-state index in [9.17, 15) is 0 Å². The molecule has 0 aliphatic carbocycles. The Kier molecular flexibility index (Phi) is 4.33. The Morgan fingerprint density at radius 2 is 1.96 bits per heavy atom. The zero-order valence-electron chi connectivity index (χ0n) is 12.7. The summed E-state index contributed by atoms with van der Waals surface area (Å²) in [6.45, 7) is 2.52. The van der Waals surface area contributed by atoms with E-state index >= 15 is 0 Å². The van der Waals surface area contributed by atoms with Crippen LogP contribution >= 0.6 is 0 Å². The predicted octanol–water partition coefficient (Wildman–Crippen LogP) is 3.17. The molecule has 23 heavy (non-hydrogen) atoms. The van der Waals surface area contributed by atoms with Gasteiger partial charge in [0.05, 0.1) is 0 Å². The molecule has 0 amide bonds. The number of anilines is 2. The van der Waals surface area contributed by atoms with Gasteiger partial charge in [0, 0.05) is 24.4 Å². The van der Waals surface area contributed by atoms with Gasteiger partial charge in [-0.05, 0) is 24.6 Å². The van der Waals surface area contributed by atoms with Gasteiger partial charge in [-0.15, -0.1) is 0 Å². The molecule has 0 spiro atoms. The molecule has 3 aromatic rings. The van der Waals surface area contributed by atoms with Gasteiger partial charge in [0.25, 0.3) is 0 Å². The molecule has 6 nitrogen and oxygen atoms in total. The van der Waals surface area contributed by atoms with Crippen LogP contribution in [0.2, 0.25) is 0 Å². The summed E-state index contributed by atoms with van der Waals surface area (Å²) in [5.41, 5.74) is 7.63. The molecular weight excluding hydrogens is 290 g/mol. The minimum atomic E-state index is 0.421. The van der Waals surface area contributed by atoms with Crippen LogP contribution in [0, 0.1) is 6.92 Å². The molecule has 0 radical (unpaired) electrons. The highest BCUT2D eigenvalue weighted by molar-refractivity contribution is 5.45. The number of nitrogens with zero attached hydrogens (tertiary/aromatic N) is 3. The Morgan fingerprint density at radius 1 is 1.09 bits per heavy atom. The summed E-state index contributed by atoms with van der Waals surface area (Å²) < 4.78 is 5.94. The molecule has 1 aromatic carbocycles. The Balaban J connectivity index is 1.77. The average molecular weight is 307 g/mol. The summed E-state index contributed by atoms with van der Waals surface area (Å²) in [6.07, 6.45) is 3.13. The highest BCUT2D eigenvalue weighted by Crippen LogP contribution is 2.26. The Labute approximate surface area is 134 Å². The Hall–Kier alpha value is -3.15. The summed E-state index contributed by atoms with van der Waals surface area (Å²) in [4.78, 5) is 12.3. The highest BCUT2D eigenvalue weighted by Gasteiger charge is 2.08. The number of nitrogens with two attached hydrogens (primary N) is 1. The Bertz CT molecular complexity index is 806. The number of hydrogen-bond acceptors (Lipinski definition) is 6. The van der Waals surface area contributed by atoms with Crippen molar-refractivity contribution in [3.05, 3.63) is 66.1 Å². The molecule has 3 rings (SSSR count). The molecule has 0 bridgehead atoms. The van der Waals surface area contributed by atoms with Crippen LogP contribution in [0.4, 0.5) is 11.6 Å². The first-order chi connectivity index (χ1) is 11.2. The van der Waals surface area contributed by atoms with E-state index in [2.05, 4.69) is 20.3 Å². The number of pyridine rings is 1. The molecule has 0 aliphatic heterocycles. The van der Waals surface area contributed by atoms with Crippen LogP contribution in [0.1, 0.15) is 11.1 Å². The van der Waals surface area contributed by atoms with Crippen molar-refractivity contribution in [2.75, 3.05) is 11.1 Å². The molecular formula is C17H17N5O.